The van der Waals surface area contributed by atoms with Crippen LogP contribution in [0.2, 0.25) is 0 Å². The predicted octanol–water partition coefficient (Wildman–Crippen LogP) is 3.03. The Kier molecular flexibility index (Phi) is 5.82. The molecular formula is C15H23BrN2O2S. The van der Waals surface area contributed by atoms with Gasteiger partial charge in [0.25, 0.3) is 0 Å². The standard InChI is InChI=1S/C15H23BrN2O2S/c1-3-13(8-11-4-5-11)18-21(19,20)15-7-6-12(10-17-2)9-14(15)16/h6-7,9,11,13,17-18H,3-5,8,10H2,1-2H3. The van der Waals surface area contributed by atoms with Crippen LogP contribution in [0.1, 0.15) is 38.2 Å². The average molecular weight is 375 g/mol. The van der Waals surface area contributed by atoms with Gasteiger partial charge in [-0.25, -0.2) is 13.1 Å². The van der Waals surface area contributed by atoms with Crippen molar-refractivity contribution in [1.82, 2.24) is 10.0 Å². The second-order valence-corrected chi connectivity index (χ2v) is 8.24. The van der Waals surface area contributed by atoms with E-state index in [1.54, 1.807) is 6.07 Å². The van der Waals surface area contributed by atoms with Gasteiger partial charge in [-0.15, -0.1) is 0 Å². The molecule has 1 aromatic rings. The van der Waals surface area contributed by atoms with Gasteiger partial charge in [0.15, 0.2) is 0 Å². The van der Waals surface area contributed by atoms with Gasteiger partial charge in [-0.05, 0) is 59.4 Å². The highest BCUT2D eigenvalue weighted by Crippen LogP contribution is 2.34. The molecule has 0 aromatic heterocycles. The van der Waals surface area contributed by atoms with E-state index in [1.807, 2.05) is 26.1 Å². The molecule has 1 fully saturated rings. The van der Waals surface area contributed by atoms with Crippen LogP contribution < -0.4 is 10.0 Å². The van der Waals surface area contributed by atoms with Crippen LogP contribution in [0.25, 0.3) is 0 Å². The van der Waals surface area contributed by atoms with Crippen LogP contribution in [0, 0.1) is 5.92 Å². The van der Waals surface area contributed by atoms with Crippen LogP contribution >= 0.6 is 15.9 Å². The van der Waals surface area contributed by atoms with Gasteiger partial charge in [-0.2, -0.15) is 0 Å². The van der Waals surface area contributed by atoms with E-state index >= 15 is 0 Å². The van der Waals surface area contributed by atoms with Crippen LogP contribution in [0.15, 0.2) is 27.6 Å². The van der Waals surface area contributed by atoms with Crippen molar-refractivity contribution in [2.75, 3.05) is 7.05 Å². The molecule has 0 heterocycles. The molecule has 6 heteroatoms. The molecular weight excluding hydrogens is 352 g/mol. The van der Waals surface area contributed by atoms with Crippen LogP contribution in [0.5, 0.6) is 0 Å². The Bertz CT molecular complexity index is 585. The van der Waals surface area contributed by atoms with E-state index < -0.39 is 10.0 Å². The normalized spacial score (nSPS) is 16.9. The van der Waals surface area contributed by atoms with Gasteiger partial charge >= 0.3 is 0 Å². The predicted molar refractivity (Wildman–Crippen MR) is 88.6 cm³/mol. The van der Waals surface area contributed by atoms with Crippen molar-refractivity contribution in [1.29, 1.82) is 0 Å². The molecule has 0 bridgehead atoms. The van der Waals surface area contributed by atoms with Crippen LogP contribution in [0.3, 0.4) is 0 Å². The Morgan fingerprint density at radius 2 is 2.10 bits per heavy atom. The minimum Gasteiger partial charge on any atom is -0.316 e. The fourth-order valence-electron chi connectivity index (χ4n) is 2.41. The summed E-state index contributed by atoms with van der Waals surface area (Å²) in [6, 6.07) is 5.40. The summed E-state index contributed by atoms with van der Waals surface area (Å²) in [6.07, 6.45) is 4.25. The number of benzene rings is 1. The Morgan fingerprint density at radius 1 is 1.38 bits per heavy atom. The minimum atomic E-state index is -3.47. The summed E-state index contributed by atoms with van der Waals surface area (Å²) in [7, 11) is -1.60. The molecule has 2 rings (SSSR count). The molecule has 1 atom stereocenters. The molecule has 118 valence electrons. The molecule has 0 spiro atoms. The maximum absolute atomic E-state index is 12.5. The molecule has 0 aliphatic heterocycles. The fourth-order valence-corrected chi connectivity index (χ4v) is 4.87. The third-order valence-electron chi connectivity index (χ3n) is 3.80. The third kappa shape index (κ3) is 4.77. The number of halogens is 1. The van der Waals surface area contributed by atoms with Crippen molar-refractivity contribution in [2.45, 2.75) is 50.1 Å². The van der Waals surface area contributed by atoms with E-state index in [4.69, 9.17) is 0 Å². The van der Waals surface area contributed by atoms with Crippen molar-refractivity contribution in [3.05, 3.63) is 28.2 Å². The zero-order valence-corrected chi connectivity index (χ0v) is 14.9. The lowest BCUT2D eigenvalue weighted by molar-refractivity contribution is 0.495. The summed E-state index contributed by atoms with van der Waals surface area (Å²) in [4.78, 5) is 0.316. The molecule has 4 nitrogen and oxygen atoms in total. The number of hydrogen-bond acceptors (Lipinski definition) is 3. The maximum Gasteiger partial charge on any atom is 0.241 e. The fraction of sp³-hybridized carbons (Fsp3) is 0.600. The van der Waals surface area contributed by atoms with Gasteiger partial charge < -0.3 is 5.32 Å². The number of rotatable bonds is 8. The molecule has 1 aliphatic rings. The Labute approximate surface area is 135 Å². The molecule has 1 aliphatic carbocycles. The first-order valence-corrected chi connectivity index (χ1v) is 9.69. The lowest BCUT2D eigenvalue weighted by Crippen LogP contribution is -2.35. The lowest BCUT2D eigenvalue weighted by atomic mass is 10.1. The summed E-state index contributed by atoms with van der Waals surface area (Å²) in [5, 5.41) is 3.05. The third-order valence-corrected chi connectivity index (χ3v) is 6.29. The van der Waals surface area contributed by atoms with Gasteiger partial charge in [-0.3, -0.25) is 0 Å². The molecule has 1 unspecified atom stereocenters. The first-order chi connectivity index (χ1) is 9.96. The highest BCUT2D eigenvalue weighted by atomic mass is 79.9. The van der Waals surface area contributed by atoms with Gasteiger partial charge in [0.1, 0.15) is 0 Å². The van der Waals surface area contributed by atoms with E-state index in [0.717, 1.165) is 18.4 Å². The lowest BCUT2D eigenvalue weighted by Gasteiger charge is -2.17. The van der Waals surface area contributed by atoms with Crippen molar-refractivity contribution in [2.24, 2.45) is 5.92 Å². The number of hydrogen-bond donors (Lipinski definition) is 2. The second-order valence-electron chi connectivity index (χ2n) is 5.70. The van der Waals surface area contributed by atoms with Crippen molar-refractivity contribution in [3.8, 4) is 0 Å². The molecule has 21 heavy (non-hydrogen) atoms. The summed E-state index contributed by atoms with van der Waals surface area (Å²) >= 11 is 3.38. The Hall–Kier alpha value is -0.430. The molecule has 0 saturated heterocycles. The van der Waals surface area contributed by atoms with Crippen LogP contribution in [-0.4, -0.2) is 21.5 Å². The first kappa shape index (κ1) is 16.9. The van der Waals surface area contributed by atoms with E-state index in [-0.39, 0.29) is 6.04 Å². The van der Waals surface area contributed by atoms with Gasteiger partial charge in [0.05, 0.1) is 4.90 Å². The average Bonchev–Trinajstić information content (AvgIpc) is 3.21. The van der Waals surface area contributed by atoms with E-state index in [2.05, 4.69) is 26.0 Å². The monoisotopic (exact) mass is 374 g/mol. The first-order valence-electron chi connectivity index (χ1n) is 7.41. The second kappa shape index (κ2) is 7.22. The SMILES string of the molecule is CCC(CC1CC1)NS(=O)(=O)c1ccc(CNC)cc1Br. The number of sulfonamides is 1. The Morgan fingerprint density at radius 3 is 2.62 bits per heavy atom. The van der Waals surface area contributed by atoms with Crippen molar-refractivity contribution >= 4 is 26.0 Å². The molecule has 2 N–H and O–H groups in total. The van der Waals surface area contributed by atoms with Gasteiger partial charge in [-0.1, -0.05) is 25.8 Å². The quantitative estimate of drug-likeness (QED) is 0.734. The van der Waals surface area contributed by atoms with Gasteiger partial charge in [0, 0.05) is 17.1 Å². The highest BCUT2D eigenvalue weighted by Gasteiger charge is 2.28. The highest BCUT2D eigenvalue weighted by molar-refractivity contribution is 9.10. The minimum absolute atomic E-state index is 0.0337. The van der Waals surface area contributed by atoms with Gasteiger partial charge in [0.2, 0.25) is 10.0 Å². The largest absolute Gasteiger partial charge is 0.316 e. The zero-order valence-electron chi connectivity index (χ0n) is 12.5. The molecule has 1 aromatic carbocycles. The van der Waals surface area contributed by atoms with E-state index in [9.17, 15) is 8.42 Å². The molecule has 0 radical (unpaired) electrons. The summed E-state index contributed by atoms with van der Waals surface area (Å²) in [5.41, 5.74) is 1.05. The van der Waals surface area contributed by atoms with E-state index in [1.165, 1.54) is 12.8 Å². The topological polar surface area (TPSA) is 58.2 Å². The smallest absolute Gasteiger partial charge is 0.241 e. The van der Waals surface area contributed by atoms with Crippen LogP contribution in [0.4, 0.5) is 0 Å². The van der Waals surface area contributed by atoms with E-state index in [0.29, 0.717) is 21.8 Å². The maximum atomic E-state index is 12.5. The summed E-state index contributed by atoms with van der Waals surface area (Å²) < 4.78 is 28.5. The summed E-state index contributed by atoms with van der Waals surface area (Å²) in [6.45, 7) is 2.74. The summed E-state index contributed by atoms with van der Waals surface area (Å²) in [5.74, 6) is 0.707. The zero-order chi connectivity index (χ0) is 15.5. The van der Waals surface area contributed by atoms with Crippen molar-refractivity contribution in [3.63, 3.8) is 0 Å². The molecule has 0 amide bonds. The number of nitrogens with one attached hydrogen (secondary N) is 2. The van der Waals surface area contributed by atoms with Crippen molar-refractivity contribution < 1.29 is 8.42 Å². The van der Waals surface area contributed by atoms with Crippen LogP contribution in [-0.2, 0) is 16.6 Å². The Balaban J connectivity index is 2.13. The molecule has 1 saturated carbocycles.